The number of benzene rings is 1. The van der Waals surface area contributed by atoms with E-state index in [1.54, 1.807) is 7.11 Å². The topological polar surface area (TPSA) is 77.3 Å². The highest BCUT2D eigenvalue weighted by Crippen LogP contribution is 2.40. The predicted octanol–water partition coefficient (Wildman–Crippen LogP) is 3.59. The molecule has 2 aliphatic heterocycles. The monoisotopic (exact) mass is 462 g/mol. The van der Waals surface area contributed by atoms with Gasteiger partial charge in [-0.25, -0.2) is 0 Å². The first-order chi connectivity index (χ1) is 16.6. The molecule has 0 unspecified atom stereocenters. The van der Waals surface area contributed by atoms with Crippen LogP contribution in [0.4, 0.5) is 5.82 Å². The standard InChI is InChI=1S/C26H34N6O2/c1-31-14-21-9-18(3-4-23(21)30-31)24-12-25(33-2)26(29-28-24)27-22-10-19-15-32(16-20(19)11-22)13-17-5-7-34-8-6-17/h3-4,9,12,14,17,19-20,22H,5-8,10-11,13,15-16H2,1-2H3,(H,27,29)/t19-,20+,22-. The van der Waals surface area contributed by atoms with Gasteiger partial charge >= 0.3 is 0 Å². The molecule has 3 fully saturated rings. The van der Waals surface area contributed by atoms with Crippen molar-refractivity contribution >= 4 is 16.7 Å². The lowest BCUT2D eigenvalue weighted by molar-refractivity contribution is 0.0545. The van der Waals surface area contributed by atoms with E-state index in [0.717, 1.165) is 64.7 Å². The van der Waals surface area contributed by atoms with Gasteiger partial charge in [-0.1, -0.05) is 6.07 Å². The third-order valence-corrected chi connectivity index (χ3v) is 7.92. The number of aromatic nitrogens is 4. The first-order valence-electron chi connectivity index (χ1n) is 12.6. The number of anilines is 1. The van der Waals surface area contributed by atoms with Crippen molar-refractivity contribution in [3.63, 3.8) is 0 Å². The van der Waals surface area contributed by atoms with Gasteiger partial charge in [-0.3, -0.25) is 4.68 Å². The van der Waals surface area contributed by atoms with Gasteiger partial charge in [0.15, 0.2) is 11.6 Å². The van der Waals surface area contributed by atoms with Gasteiger partial charge in [-0.2, -0.15) is 5.10 Å². The van der Waals surface area contributed by atoms with E-state index >= 15 is 0 Å². The number of aryl methyl sites for hydroxylation is 1. The number of nitrogens with one attached hydrogen (secondary N) is 1. The Hall–Kier alpha value is -2.71. The molecule has 8 heteroatoms. The number of rotatable bonds is 6. The molecule has 6 rings (SSSR count). The lowest BCUT2D eigenvalue weighted by Gasteiger charge is -2.27. The fraction of sp³-hybridized carbons (Fsp3) is 0.577. The summed E-state index contributed by atoms with van der Waals surface area (Å²) in [5.74, 6) is 3.87. The van der Waals surface area contributed by atoms with Crippen LogP contribution in [0.1, 0.15) is 25.7 Å². The molecular formula is C26H34N6O2. The van der Waals surface area contributed by atoms with E-state index < -0.39 is 0 Å². The molecule has 0 radical (unpaired) electrons. The minimum Gasteiger partial charge on any atom is -0.493 e. The second-order valence-corrected chi connectivity index (χ2v) is 10.3. The lowest BCUT2D eigenvalue weighted by Crippen LogP contribution is -2.32. The van der Waals surface area contributed by atoms with Crippen molar-refractivity contribution in [2.45, 2.75) is 31.7 Å². The molecular weight excluding hydrogens is 428 g/mol. The Labute approximate surface area is 200 Å². The van der Waals surface area contributed by atoms with Crippen molar-refractivity contribution in [2.24, 2.45) is 24.8 Å². The number of fused-ring (bicyclic) bond motifs is 2. The Balaban J connectivity index is 1.10. The number of nitrogens with zero attached hydrogens (tertiary/aromatic N) is 5. The summed E-state index contributed by atoms with van der Waals surface area (Å²) in [5, 5.41) is 18.2. The van der Waals surface area contributed by atoms with E-state index in [0.29, 0.717) is 6.04 Å². The summed E-state index contributed by atoms with van der Waals surface area (Å²) in [4.78, 5) is 2.70. The fourth-order valence-corrected chi connectivity index (χ4v) is 6.23. The van der Waals surface area contributed by atoms with E-state index in [4.69, 9.17) is 9.47 Å². The minimum atomic E-state index is 0.432. The van der Waals surface area contributed by atoms with Crippen LogP contribution >= 0.6 is 0 Å². The Kier molecular flexibility index (Phi) is 5.87. The molecule has 3 atom stereocenters. The van der Waals surface area contributed by atoms with Crippen molar-refractivity contribution in [2.75, 3.05) is 45.3 Å². The van der Waals surface area contributed by atoms with Gasteiger partial charge < -0.3 is 19.7 Å². The van der Waals surface area contributed by atoms with Crippen molar-refractivity contribution in [3.8, 4) is 17.0 Å². The van der Waals surface area contributed by atoms with Gasteiger partial charge in [0, 0.05) is 69.2 Å². The lowest BCUT2D eigenvalue weighted by atomic mass is 10.00. The Bertz CT molecular complexity index is 1140. The highest BCUT2D eigenvalue weighted by molar-refractivity contribution is 5.83. The van der Waals surface area contributed by atoms with Gasteiger partial charge in [0.25, 0.3) is 0 Å². The van der Waals surface area contributed by atoms with Crippen molar-refractivity contribution < 1.29 is 9.47 Å². The predicted molar refractivity (Wildman–Crippen MR) is 132 cm³/mol. The van der Waals surface area contributed by atoms with E-state index in [2.05, 4.69) is 31.6 Å². The molecule has 1 aliphatic carbocycles. The van der Waals surface area contributed by atoms with Crippen molar-refractivity contribution in [3.05, 3.63) is 30.5 Å². The maximum absolute atomic E-state index is 5.71. The zero-order chi connectivity index (χ0) is 23.1. The van der Waals surface area contributed by atoms with Gasteiger partial charge in [-0.05, 0) is 55.6 Å². The molecule has 3 aromatic rings. The fourth-order valence-electron chi connectivity index (χ4n) is 6.23. The maximum Gasteiger partial charge on any atom is 0.191 e. The highest BCUT2D eigenvalue weighted by atomic mass is 16.5. The molecule has 0 spiro atoms. The average Bonchev–Trinajstić information content (AvgIpc) is 3.51. The summed E-state index contributed by atoms with van der Waals surface area (Å²) in [6.45, 7) is 5.60. The average molecular weight is 463 g/mol. The number of hydrogen-bond acceptors (Lipinski definition) is 7. The quantitative estimate of drug-likeness (QED) is 0.600. The van der Waals surface area contributed by atoms with Crippen LogP contribution in [0.5, 0.6) is 5.75 Å². The van der Waals surface area contributed by atoms with Crippen molar-refractivity contribution in [1.29, 1.82) is 0 Å². The smallest absolute Gasteiger partial charge is 0.191 e. The van der Waals surface area contributed by atoms with E-state index in [1.165, 1.54) is 45.3 Å². The Morgan fingerprint density at radius 2 is 1.88 bits per heavy atom. The summed E-state index contributed by atoms with van der Waals surface area (Å²) in [6, 6.07) is 8.58. The molecule has 0 bridgehead atoms. The van der Waals surface area contributed by atoms with Gasteiger partial charge in [0.1, 0.15) is 0 Å². The third-order valence-electron chi connectivity index (χ3n) is 7.92. The van der Waals surface area contributed by atoms with E-state index in [1.807, 2.05) is 36.1 Å². The molecule has 8 nitrogen and oxygen atoms in total. The summed E-state index contributed by atoms with van der Waals surface area (Å²) in [6.07, 6.45) is 6.85. The third kappa shape index (κ3) is 4.36. The van der Waals surface area contributed by atoms with Crippen LogP contribution in [0.2, 0.25) is 0 Å². The van der Waals surface area contributed by atoms with Crippen molar-refractivity contribution in [1.82, 2.24) is 24.9 Å². The second-order valence-electron chi connectivity index (χ2n) is 10.3. The first kappa shape index (κ1) is 21.8. The molecule has 1 N–H and O–H groups in total. The van der Waals surface area contributed by atoms with Crippen LogP contribution in [-0.4, -0.2) is 70.9 Å². The molecule has 34 heavy (non-hydrogen) atoms. The summed E-state index contributed by atoms with van der Waals surface area (Å²) < 4.78 is 13.1. The molecule has 2 saturated heterocycles. The van der Waals surface area contributed by atoms with Gasteiger partial charge in [-0.15, -0.1) is 10.2 Å². The normalized spacial score (nSPS) is 25.6. The van der Waals surface area contributed by atoms with Gasteiger partial charge in [0.2, 0.25) is 0 Å². The SMILES string of the molecule is COc1cc(-c2ccc3nn(C)cc3c2)nnc1N[C@@H]1C[C@@H]2CN(CC3CCOCC3)C[C@@H]2C1. The number of ether oxygens (including phenoxy) is 2. The molecule has 2 aromatic heterocycles. The zero-order valence-electron chi connectivity index (χ0n) is 20.1. The molecule has 4 heterocycles. The van der Waals surface area contributed by atoms with Crippen LogP contribution in [0.3, 0.4) is 0 Å². The molecule has 1 saturated carbocycles. The Morgan fingerprint density at radius 1 is 1.09 bits per heavy atom. The van der Waals surface area contributed by atoms with Crippen LogP contribution < -0.4 is 10.1 Å². The van der Waals surface area contributed by atoms with Crippen LogP contribution in [0, 0.1) is 17.8 Å². The molecule has 0 amide bonds. The van der Waals surface area contributed by atoms with Crippen LogP contribution in [0.25, 0.3) is 22.2 Å². The minimum absolute atomic E-state index is 0.432. The zero-order valence-corrected chi connectivity index (χ0v) is 20.1. The van der Waals surface area contributed by atoms with Gasteiger partial charge in [0.05, 0.1) is 18.3 Å². The van der Waals surface area contributed by atoms with E-state index in [-0.39, 0.29) is 0 Å². The molecule has 1 aromatic carbocycles. The summed E-state index contributed by atoms with van der Waals surface area (Å²) >= 11 is 0. The number of methoxy groups -OCH3 is 1. The largest absolute Gasteiger partial charge is 0.493 e. The van der Waals surface area contributed by atoms with E-state index in [9.17, 15) is 0 Å². The van der Waals surface area contributed by atoms with Crippen LogP contribution in [-0.2, 0) is 11.8 Å². The highest BCUT2D eigenvalue weighted by Gasteiger charge is 2.41. The molecule has 3 aliphatic rings. The summed E-state index contributed by atoms with van der Waals surface area (Å²) in [7, 11) is 3.64. The molecule has 180 valence electrons. The first-order valence-corrected chi connectivity index (χ1v) is 12.6. The summed E-state index contributed by atoms with van der Waals surface area (Å²) in [5.41, 5.74) is 2.79. The maximum atomic E-state index is 5.71. The number of hydrogen-bond donors (Lipinski definition) is 1. The number of likely N-dealkylation sites (tertiary alicyclic amines) is 1. The van der Waals surface area contributed by atoms with Crippen LogP contribution in [0.15, 0.2) is 30.5 Å². The Morgan fingerprint density at radius 3 is 2.65 bits per heavy atom. The second kappa shape index (κ2) is 9.15.